The number of anilines is 1. The van der Waals surface area contributed by atoms with E-state index >= 15 is 0 Å². The molecule has 0 aliphatic rings. The van der Waals surface area contributed by atoms with Gasteiger partial charge in [-0.25, -0.2) is 0 Å². The monoisotopic (exact) mass is 413 g/mol. The molecule has 1 amide bonds. The number of halogens is 4. The Morgan fingerprint density at radius 1 is 1.11 bits per heavy atom. The van der Waals surface area contributed by atoms with E-state index in [1.54, 1.807) is 12.1 Å². The Kier molecular flexibility index (Phi) is 5.71. The van der Waals surface area contributed by atoms with Crippen LogP contribution in [0.15, 0.2) is 58.2 Å². The molecule has 1 heterocycles. The standard InChI is InChI=1S/C17H11ClF3N3O2S/c18-12-8-4-7-11(17(19,20)21)14(12)22-13(25)9-27-16-24-23-15(26-16)10-5-2-1-3-6-10/h1-8H,9H2,(H,22,25). The van der Waals surface area contributed by atoms with Crippen LogP contribution in [0.1, 0.15) is 5.56 Å². The number of nitrogens with zero attached hydrogens (tertiary/aromatic N) is 2. The summed E-state index contributed by atoms with van der Waals surface area (Å²) in [6, 6.07) is 12.3. The van der Waals surface area contributed by atoms with E-state index in [-0.39, 0.29) is 21.9 Å². The van der Waals surface area contributed by atoms with Crippen LogP contribution in [0, 0.1) is 0 Å². The highest BCUT2D eigenvalue weighted by molar-refractivity contribution is 7.99. The van der Waals surface area contributed by atoms with Crippen molar-refractivity contribution in [2.75, 3.05) is 11.1 Å². The molecule has 0 fully saturated rings. The maximum absolute atomic E-state index is 13.0. The van der Waals surface area contributed by atoms with Crippen molar-refractivity contribution < 1.29 is 22.4 Å². The highest BCUT2D eigenvalue weighted by Crippen LogP contribution is 2.38. The summed E-state index contributed by atoms with van der Waals surface area (Å²) in [6.07, 6.45) is -4.64. The number of hydrogen-bond acceptors (Lipinski definition) is 5. The van der Waals surface area contributed by atoms with Gasteiger partial charge in [-0.15, -0.1) is 10.2 Å². The molecular weight excluding hydrogens is 403 g/mol. The molecule has 2 aromatic carbocycles. The molecule has 0 aliphatic carbocycles. The van der Waals surface area contributed by atoms with Crippen LogP contribution in [-0.2, 0) is 11.0 Å². The van der Waals surface area contributed by atoms with Gasteiger partial charge in [0.1, 0.15) is 0 Å². The van der Waals surface area contributed by atoms with Crippen molar-refractivity contribution in [2.24, 2.45) is 0 Å². The number of rotatable bonds is 5. The van der Waals surface area contributed by atoms with Gasteiger partial charge in [0.05, 0.1) is 22.0 Å². The van der Waals surface area contributed by atoms with E-state index in [4.69, 9.17) is 16.0 Å². The topological polar surface area (TPSA) is 68.0 Å². The molecule has 0 radical (unpaired) electrons. The lowest BCUT2D eigenvalue weighted by atomic mass is 10.1. The molecule has 10 heteroatoms. The Balaban J connectivity index is 1.66. The number of alkyl halides is 3. The number of aromatic nitrogens is 2. The van der Waals surface area contributed by atoms with Crippen molar-refractivity contribution in [3.05, 3.63) is 59.1 Å². The van der Waals surface area contributed by atoms with Gasteiger partial charge >= 0.3 is 6.18 Å². The SMILES string of the molecule is O=C(CSc1nnc(-c2ccccc2)o1)Nc1c(Cl)cccc1C(F)(F)F. The molecule has 1 aromatic heterocycles. The van der Waals surface area contributed by atoms with Gasteiger partial charge in [0, 0.05) is 5.56 Å². The Labute approximate surface area is 160 Å². The first-order valence-corrected chi connectivity index (χ1v) is 8.88. The normalized spacial score (nSPS) is 11.4. The molecule has 3 rings (SSSR count). The highest BCUT2D eigenvalue weighted by atomic mass is 35.5. The number of nitrogens with one attached hydrogen (secondary N) is 1. The third-order valence-electron chi connectivity index (χ3n) is 3.34. The third kappa shape index (κ3) is 4.81. The van der Waals surface area contributed by atoms with Crippen LogP contribution in [0.2, 0.25) is 5.02 Å². The Morgan fingerprint density at radius 2 is 1.85 bits per heavy atom. The van der Waals surface area contributed by atoms with Crippen LogP contribution in [0.25, 0.3) is 11.5 Å². The molecule has 0 bridgehead atoms. The predicted octanol–water partition coefficient (Wildman–Crippen LogP) is 5.14. The molecule has 1 N–H and O–H groups in total. The van der Waals surface area contributed by atoms with E-state index in [0.717, 1.165) is 17.8 Å². The first kappa shape index (κ1) is 19.2. The van der Waals surface area contributed by atoms with Crippen LogP contribution in [-0.4, -0.2) is 21.9 Å². The number of amides is 1. The average molecular weight is 414 g/mol. The molecule has 0 saturated carbocycles. The fraction of sp³-hybridized carbons (Fsp3) is 0.118. The molecule has 0 aliphatic heterocycles. The zero-order chi connectivity index (χ0) is 19.4. The van der Waals surface area contributed by atoms with E-state index in [1.807, 2.05) is 18.2 Å². The number of thioether (sulfide) groups is 1. The molecule has 3 aromatic rings. The van der Waals surface area contributed by atoms with Gasteiger partial charge in [0.25, 0.3) is 5.22 Å². The Hall–Kier alpha value is -2.52. The van der Waals surface area contributed by atoms with Gasteiger partial charge in [-0.2, -0.15) is 13.2 Å². The minimum atomic E-state index is -4.64. The molecule has 27 heavy (non-hydrogen) atoms. The first-order chi connectivity index (χ1) is 12.8. The van der Waals surface area contributed by atoms with Gasteiger partial charge in [-0.05, 0) is 24.3 Å². The van der Waals surface area contributed by atoms with Crippen molar-refractivity contribution in [3.63, 3.8) is 0 Å². The quantitative estimate of drug-likeness (QED) is 0.586. The number of benzene rings is 2. The van der Waals surface area contributed by atoms with Gasteiger partial charge < -0.3 is 9.73 Å². The van der Waals surface area contributed by atoms with Crippen molar-refractivity contribution in [1.82, 2.24) is 10.2 Å². The van der Waals surface area contributed by atoms with E-state index in [9.17, 15) is 18.0 Å². The largest absolute Gasteiger partial charge is 0.418 e. The molecule has 0 unspecified atom stereocenters. The number of carbonyl (C=O) groups excluding carboxylic acids is 1. The summed E-state index contributed by atoms with van der Waals surface area (Å²) < 4.78 is 44.6. The van der Waals surface area contributed by atoms with E-state index in [1.165, 1.54) is 12.1 Å². The van der Waals surface area contributed by atoms with Crippen molar-refractivity contribution in [2.45, 2.75) is 11.4 Å². The van der Waals surface area contributed by atoms with Crippen molar-refractivity contribution in [1.29, 1.82) is 0 Å². The van der Waals surface area contributed by atoms with Crippen LogP contribution in [0.5, 0.6) is 0 Å². The van der Waals surface area contributed by atoms with Crippen molar-refractivity contribution >= 4 is 35.0 Å². The molecule has 0 spiro atoms. The summed E-state index contributed by atoms with van der Waals surface area (Å²) in [4.78, 5) is 12.0. The van der Waals surface area contributed by atoms with Crippen LogP contribution in [0.4, 0.5) is 18.9 Å². The third-order valence-corrected chi connectivity index (χ3v) is 4.47. The number of carbonyl (C=O) groups is 1. The zero-order valence-corrected chi connectivity index (χ0v) is 15.0. The van der Waals surface area contributed by atoms with E-state index in [0.29, 0.717) is 5.56 Å². The average Bonchev–Trinajstić information content (AvgIpc) is 3.10. The fourth-order valence-corrected chi connectivity index (χ4v) is 2.94. The minimum Gasteiger partial charge on any atom is -0.411 e. The smallest absolute Gasteiger partial charge is 0.411 e. The van der Waals surface area contributed by atoms with Gasteiger partial charge in [0.15, 0.2) is 0 Å². The molecule has 5 nitrogen and oxygen atoms in total. The Bertz CT molecular complexity index is 948. The lowest BCUT2D eigenvalue weighted by Crippen LogP contribution is -2.18. The van der Waals surface area contributed by atoms with Gasteiger partial charge in [0.2, 0.25) is 11.8 Å². The Morgan fingerprint density at radius 3 is 2.56 bits per heavy atom. The first-order valence-electron chi connectivity index (χ1n) is 7.52. The maximum Gasteiger partial charge on any atom is 0.418 e. The predicted molar refractivity (Wildman–Crippen MR) is 95.5 cm³/mol. The zero-order valence-electron chi connectivity index (χ0n) is 13.5. The maximum atomic E-state index is 13.0. The summed E-state index contributed by atoms with van der Waals surface area (Å²) in [5.74, 6) is -0.624. The van der Waals surface area contributed by atoms with E-state index < -0.39 is 23.3 Å². The second kappa shape index (κ2) is 8.01. The summed E-state index contributed by atoms with van der Waals surface area (Å²) in [6.45, 7) is 0. The van der Waals surface area contributed by atoms with Crippen LogP contribution < -0.4 is 5.32 Å². The number of para-hydroxylation sites is 1. The van der Waals surface area contributed by atoms with Crippen LogP contribution >= 0.6 is 23.4 Å². The lowest BCUT2D eigenvalue weighted by Gasteiger charge is -2.14. The van der Waals surface area contributed by atoms with E-state index in [2.05, 4.69) is 15.5 Å². The van der Waals surface area contributed by atoms with Crippen molar-refractivity contribution in [3.8, 4) is 11.5 Å². The molecular formula is C17H11ClF3N3O2S. The minimum absolute atomic E-state index is 0.124. The van der Waals surface area contributed by atoms with Gasteiger partial charge in [-0.1, -0.05) is 47.6 Å². The second-order valence-corrected chi connectivity index (χ2v) is 6.57. The lowest BCUT2D eigenvalue weighted by molar-refractivity contribution is -0.137. The molecule has 0 saturated heterocycles. The van der Waals surface area contributed by atoms with Crippen LogP contribution in [0.3, 0.4) is 0 Å². The van der Waals surface area contributed by atoms with Gasteiger partial charge in [-0.3, -0.25) is 4.79 Å². The highest BCUT2D eigenvalue weighted by Gasteiger charge is 2.34. The number of hydrogen-bond donors (Lipinski definition) is 1. The summed E-state index contributed by atoms with van der Waals surface area (Å²) in [7, 11) is 0. The summed E-state index contributed by atoms with van der Waals surface area (Å²) >= 11 is 6.71. The summed E-state index contributed by atoms with van der Waals surface area (Å²) in [5, 5.41) is 9.79. The summed E-state index contributed by atoms with van der Waals surface area (Å²) in [5.41, 5.74) is -0.780. The fourth-order valence-electron chi connectivity index (χ4n) is 2.16. The second-order valence-electron chi connectivity index (χ2n) is 5.24. The molecule has 0 atom stereocenters. The molecule has 140 valence electrons.